The number of rotatable bonds is 4. The molecule has 0 aromatic heterocycles. The number of halogens is 5. The summed E-state index contributed by atoms with van der Waals surface area (Å²) in [6.07, 6.45) is -7.42. The predicted octanol–water partition coefficient (Wildman–Crippen LogP) is 3.55. The first-order chi connectivity index (χ1) is 8.88. The van der Waals surface area contributed by atoms with Crippen LogP contribution in [0.2, 0.25) is 0 Å². The average Bonchev–Trinajstić information content (AvgIpc) is 2.26. The van der Waals surface area contributed by atoms with E-state index in [1.807, 2.05) is 0 Å². The van der Waals surface area contributed by atoms with E-state index < -0.39 is 24.1 Å². The number of hydrogen-bond acceptors (Lipinski definition) is 2. The molecular weight excluding hydrogens is 281 g/mol. The maximum Gasteiger partial charge on any atom is 0.453 e. The van der Waals surface area contributed by atoms with E-state index in [2.05, 4.69) is 0 Å². The molecule has 0 heterocycles. The molecule has 20 heavy (non-hydrogen) atoms. The van der Waals surface area contributed by atoms with Crippen LogP contribution in [0.25, 0.3) is 0 Å². The summed E-state index contributed by atoms with van der Waals surface area (Å²) >= 11 is 0. The van der Waals surface area contributed by atoms with Gasteiger partial charge in [0.05, 0.1) is 12.0 Å². The molecule has 1 atom stereocenters. The Morgan fingerprint density at radius 2 is 1.55 bits per heavy atom. The second-order valence-corrected chi connectivity index (χ2v) is 5.06. The third-order valence-corrected chi connectivity index (χ3v) is 2.95. The van der Waals surface area contributed by atoms with Crippen molar-refractivity contribution in [2.24, 2.45) is 0 Å². The Labute approximate surface area is 113 Å². The monoisotopic (exact) mass is 297 g/mol. The van der Waals surface area contributed by atoms with Gasteiger partial charge in [0, 0.05) is 25.3 Å². The van der Waals surface area contributed by atoms with Gasteiger partial charge in [-0.25, -0.2) is 0 Å². The van der Waals surface area contributed by atoms with Crippen LogP contribution in [0.3, 0.4) is 0 Å². The molecule has 1 rings (SSSR count). The quantitative estimate of drug-likeness (QED) is 0.859. The first-order valence-electron chi connectivity index (χ1n) is 5.82. The zero-order valence-electron chi connectivity index (χ0n) is 11.3. The lowest BCUT2D eigenvalue weighted by Crippen LogP contribution is -2.43. The van der Waals surface area contributed by atoms with Crippen molar-refractivity contribution in [1.29, 1.82) is 0 Å². The number of hydrogen-bond donors (Lipinski definition) is 1. The molecular formula is C13H16F5NO. The summed E-state index contributed by atoms with van der Waals surface area (Å²) in [5.41, 5.74) is -1.90. The predicted molar refractivity (Wildman–Crippen MR) is 66.0 cm³/mol. The van der Waals surface area contributed by atoms with Crippen LogP contribution in [0.1, 0.15) is 18.9 Å². The molecule has 0 aliphatic heterocycles. The minimum atomic E-state index is -5.69. The Kier molecular flexibility index (Phi) is 4.34. The van der Waals surface area contributed by atoms with Gasteiger partial charge in [-0.2, -0.15) is 22.0 Å². The van der Waals surface area contributed by atoms with Crippen molar-refractivity contribution < 1.29 is 27.1 Å². The molecule has 1 aromatic rings. The highest BCUT2D eigenvalue weighted by Crippen LogP contribution is 2.45. The third kappa shape index (κ3) is 3.39. The van der Waals surface area contributed by atoms with E-state index in [0.717, 1.165) is 6.92 Å². The second kappa shape index (κ2) is 5.20. The Morgan fingerprint density at radius 3 is 2.00 bits per heavy atom. The Balaban J connectivity index is 3.18. The van der Waals surface area contributed by atoms with E-state index in [9.17, 15) is 27.1 Å². The second-order valence-electron chi connectivity index (χ2n) is 5.06. The minimum absolute atomic E-state index is 0.0222. The Morgan fingerprint density at radius 1 is 1.05 bits per heavy atom. The fraction of sp³-hybridized carbons (Fsp3) is 0.538. The average molecular weight is 297 g/mol. The van der Waals surface area contributed by atoms with Gasteiger partial charge < -0.3 is 10.0 Å². The molecule has 0 aliphatic carbocycles. The molecule has 0 saturated heterocycles. The molecule has 1 N–H and O–H groups in total. The zero-order valence-corrected chi connectivity index (χ0v) is 11.3. The molecule has 0 aliphatic rings. The molecule has 0 amide bonds. The molecule has 0 spiro atoms. The Bertz CT molecular complexity index is 468. The lowest BCUT2D eigenvalue weighted by atomic mass is 9.88. The molecule has 0 radical (unpaired) electrons. The van der Waals surface area contributed by atoms with Gasteiger partial charge in [0.2, 0.25) is 0 Å². The maximum absolute atomic E-state index is 13.1. The van der Waals surface area contributed by atoms with Crippen molar-refractivity contribution >= 4 is 5.69 Å². The van der Waals surface area contributed by atoms with Gasteiger partial charge in [-0.1, -0.05) is 18.2 Å². The zero-order chi connectivity index (χ0) is 15.8. The summed E-state index contributed by atoms with van der Waals surface area (Å²) in [4.78, 5) is 1.54. The van der Waals surface area contributed by atoms with Crippen LogP contribution < -0.4 is 4.90 Å². The highest BCUT2D eigenvalue weighted by atomic mass is 19.4. The number of anilines is 1. The highest BCUT2D eigenvalue weighted by Gasteiger charge is 2.60. The van der Waals surface area contributed by atoms with Crippen LogP contribution >= 0.6 is 0 Å². The van der Waals surface area contributed by atoms with E-state index >= 15 is 0 Å². The van der Waals surface area contributed by atoms with Gasteiger partial charge in [0.25, 0.3) is 0 Å². The number of benzene rings is 1. The van der Waals surface area contributed by atoms with Gasteiger partial charge >= 0.3 is 12.1 Å². The lowest BCUT2D eigenvalue weighted by molar-refractivity contribution is -0.296. The van der Waals surface area contributed by atoms with E-state index in [4.69, 9.17) is 0 Å². The van der Waals surface area contributed by atoms with Crippen molar-refractivity contribution in [3.8, 4) is 0 Å². The summed E-state index contributed by atoms with van der Waals surface area (Å²) in [5.74, 6) is -4.96. The molecule has 0 saturated carbocycles. The number of alkyl halides is 5. The van der Waals surface area contributed by atoms with Crippen molar-refractivity contribution in [2.75, 3.05) is 19.0 Å². The highest BCUT2D eigenvalue weighted by molar-refractivity contribution is 5.54. The standard InChI is InChI=1S/C13H16F5NO/c1-11(20,8-12(14,15)13(16,17)18)9-6-4-5-7-10(9)19(2)3/h4-7,20H,8H2,1-3H3. The lowest BCUT2D eigenvalue weighted by Gasteiger charge is -2.32. The molecule has 1 unspecified atom stereocenters. The smallest absolute Gasteiger partial charge is 0.385 e. The molecule has 114 valence electrons. The number of nitrogens with zero attached hydrogens (tertiary/aromatic N) is 1. The summed E-state index contributed by atoms with van der Waals surface area (Å²) in [6, 6.07) is 5.96. The van der Waals surface area contributed by atoms with Crippen LogP contribution in [0.15, 0.2) is 24.3 Å². The fourth-order valence-electron chi connectivity index (χ4n) is 1.95. The van der Waals surface area contributed by atoms with Crippen LogP contribution in [-0.4, -0.2) is 31.3 Å². The minimum Gasteiger partial charge on any atom is -0.385 e. The van der Waals surface area contributed by atoms with Crippen LogP contribution in [0, 0.1) is 0 Å². The van der Waals surface area contributed by atoms with Gasteiger partial charge in [0.15, 0.2) is 0 Å². The molecule has 0 bridgehead atoms. The number of para-hydroxylation sites is 1. The van der Waals surface area contributed by atoms with E-state index in [-0.39, 0.29) is 5.56 Å². The Hall–Kier alpha value is -1.37. The summed E-state index contributed by atoms with van der Waals surface area (Å²) < 4.78 is 63.1. The van der Waals surface area contributed by atoms with E-state index in [1.165, 1.54) is 23.1 Å². The van der Waals surface area contributed by atoms with Crippen molar-refractivity contribution in [2.45, 2.75) is 31.0 Å². The first kappa shape index (κ1) is 16.7. The molecule has 1 aromatic carbocycles. The van der Waals surface area contributed by atoms with Crippen LogP contribution in [0.4, 0.5) is 27.6 Å². The summed E-state index contributed by atoms with van der Waals surface area (Å²) in [5, 5.41) is 10.1. The molecule has 2 nitrogen and oxygen atoms in total. The molecule has 7 heteroatoms. The largest absolute Gasteiger partial charge is 0.453 e. The topological polar surface area (TPSA) is 23.5 Å². The van der Waals surface area contributed by atoms with Gasteiger partial charge in [-0.05, 0) is 13.0 Å². The van der Waals surface area contributed by atoms with Gasteiger partial charge in [-0.15, -0.1) is 0 Å². The first-order valence-corrected chi connectivity index (χ1v) is 5.82. The SMILES string of the molecule is CN(C)c1ccccc1C(C)(O)CC(F)(F)C(F)(F)F. The van der Waals surface area contributed by atoms with E-state index in [1.54, 1.807) is 20.2 Å². The van der Waals surface area contributed by atoms with Crippen molar-refractivity contribution in [3.63, 3.8) is 0 Å². The van der Waals surface area contributed by atoms with Crippen LogP contribution in [-0.2, 0) is 5.60 Å². The van der Waals surface area contributed by atoms with Crippen LogP contribution in [0.5, 0.6) is 0 Å². The fourth-order valence-corrected chi connectivity index (χ4v) is 1.95. The number of aliphatic hydroxyl groups is 1. The van der Waals surface area contributed by atoms with E-state index in [0.29, 0.717) is 5.69 Å². The van der Waals surface area contributed by atoms with Gasteiger partial charge in [-0.3, -0.25) is 0 Å². The summed E-state index contributed by atoms with van der Waals surface area (Å²) in [6.45, 7) is 0.953. The normalized spacial score (nSPS) is 15.8. The third-order valence-electron chi connectivity index (χ3n) is 2.95. The van der Waals surface area contributed by atoms with Crippen molar-refractivity contribution in [3.05, 3.63) is 29.8 Å². The summed E-state index contributed by atoms with van der Waals surface area (Å²) in [7, 11) is 3.22. The van der Waals surface area contributed by atoms with Gasteiger partial charge in [0.1, 0.15) is 0 Å². The molecule has 0 fully saturated rings. The maximum atomic E-state index is 13.1. The van der Waals surface area contributed by atoms with Crippen molar-refractivity contribution in [1.82, 2.24) is 0 Å².